The van der Waals surface area contributed by atoms with E-state index in [1.807, 2.05) is 27.7 Å². The second-order valence-corrected chi connectivity index (χ2v) is 5.74. The van der Waals surface area contributed by atoms with Crippen LogP contribution in [0.3, 0.4) is 0 Å². The Morgan fingerprint density at radius 2 is 1.85 bits per heavy atom. The molecule has 0 atom stereocenters. The fourth-order valence-electron chi connectivity index (χ4n) is 2.03. The molecule has 108 valence electrons. The monoisotopic (exact) mass is 278 g/mol. The maximum absolute atomic E-state index is 11.7. The minimum Gasteiger partial charge on any atom is -0.480 e. The van der Waals surface area contributed by atoms with Crippen LogP contribution in [-0.4, -0.2) is 36.3 Å². The molecule has 1 aliphatic heterocycles. The first-order valence-electron chi connectivity index (χ1n) is 6.38. The molecule has 2 N–H and O–H groups in total. The molecule has 0 bridgehead atoms. The molecule has 0 spiro atoms. The Bertz CT molecular complexity index is 529. The summed E-state index contributed by atoms with van der Waals surface area (Å²) in [6.07, 6.45) is 1.53. The summed E-state index contributed by atoms with van der Waals surface area (Å²) in [5, 5.41) is 0. The molecule has 20 heavy (non-hydrogen) atoms. The van der Waals surface area contributed by atoms with E-state index in [1.54, 1.807) is 6.07 Å². The average molecular weight is 278 g/mol. The lowest BCUT2D eigenvalue weighted by atomic mass is 9.76. The molecule has 2 heterocycles. The van der Waals surface area contributed by atoms with Gasteiger partial charge in [0.2, 0.25) is 5.88 Å². The number of pyridine rings is 1. The smallest absolute Gasteiger partial charge is 0.480 e. The number of rotatable bonds is 3. The number of ether oxygens (including phenoxy) is 1. The SMILES string of the molecule is COc1nccc(B2OC(C)(C)C(C)(C)O2)c1C(N)=O. The van der Waals surface area contributed by atoms with E-state index in [4.69, 9.17) is 19.8 Å². The van der Waals surface area contributed by atoms with Gasteiger partial charge in [-0.3, -0.25) is 4.79 Å². The second kappa shape index (κ2) is 4.75. The molecule has 1 aliphatic rings. The fraction of sp³-hybridized carbons (Fsp3) is 0.538. The molecule has 1 fully saturated rings. The van der Waals surface area contributed by atoms with Crippen LogP contribution in [0.1, 0.15) is 38.1 Å². The minimum absolute atomic E-state index is 0.171. The van der Waals surface area contributed by atoms with Crippen molar-refractivity contribution in [1.29, 1.82) is 0 Å². The van der Waals surface area contributed by atoms with E-state index in [2.05, 4.69) is 4.98 Å². The van der Waals surface area contributed by atoms with Gasteiger partial charge in [0.15, 0.2) is 0 Å². The largest absolute Gasteiger partial charge is 0.495 e. The summed E-state index contributed by atoms with van der Waals surface area (Å²) in [4.78, 5) is 15.7. The third kappa shape index (κ3) is 2.27. The Kier molecular flexibility index (Phi) is 3.52. The van der Waals surface area contributed by atoms with Crippen molar-refractivity contribution in [3.05, 3.63) is 17.8 Å². The molecular weight excluding hydrogens is 259 g/mol. The van der Waals surface area contributed by atoms with Crippen LogP contribution < -0.4 is 15.9 Å². The highest BCUT2D eigenvalue weighted by molar-refractivity contribution is 6.63. The van der Waals surface area contributed by atoms with E-state index < -0.39 is 24.2 Å². The van der Waals surface area contributed by atoms with Gasteiger partial charge in [-0.15, -0.1) is 0 Å². The first-order chi connectivity index (χ1) is 9.19. The van der Waals surface area contributed by atoms with Gasteiger partial charge in [-0.1, -0.05) is 0 Å². The van der Waals surface area contributed by atoms with E-state index in [-0.39, 0.29) is 11.4 Å². The zero-order chi connectivity index (χ0) is 15.1. The van der Waals surface area contributed by atoms with Gasteiger partial charge in [-0.25, -0.2) is 4.98 Å². The zero-order valence-electron chi connectivity index (χ0n) is 12.4. The van der Waals surface area contributed by atoms with E-state index in [9.17, 15) is 4.79 Å². The highest BCUT2D eigenvalue weighted by Crippen LogP contribution is 2.36. The van der Waals surface area contributed by atoms with Gasteiger partial charge in [0.1, 0.15) is 5.56 Å². The van der Waals surface area contributed by atoms with Gasteiger partial charge in [0.05, 0.1) is 18.3 Å². The van der Waals surface area contributed by atoms with Crippen molar-refractivity contribution in [3.63, 3.8) is 0 Å². The molecule has 0 saturated carbocycles. The third-order valence-corrected chi connectivity index (χ3v) is 3.90. The molecule has 7 heteroatoms. The summed E-state index contributed by atoms with van der Waals surface area (Å²) < 4.78 is 16.9. The number of hydrogen-bond donors (Lipinski definition) is 1. The van der Waals surface area contributed by atoms with Gasteiger partial charge in [0, 0.05) is 11.7 Å². The molecule has 1 aromatic heterocycles. The molecule has 0 aliphatic carbocycles. The predicted octanol–water partition coefficient (Wildman–Crippen LogP) is 0.488. The van der Waals surface area contributed by atoms with Crippen molar-refractivity contribution in [2.45, 2.75) is 38.9 Å². The summed E-state index contributed by atoms with van der Waals surface area (Å²) in [6.45, 7) is 7.76. The van der Waals surface area contributed by atoms with Gasteiger partial charge >= 0.3 is 7.12 Å². The van der Waals surface area contributed by atoms with E-state index in [0.717, 1.165) is 0 Å². The van der Waals surface area contributed by atoms with Crippen LogP contribution in [0.2, 0.25) is 0 Å². The number of aromatic nitrogens is 1. The van der Waals surface area contributed by atoms with Crippen molar-refractivity contribution >= 4 is 18.5 Å². The summed E-state index contributed by atoms with van der Waals surface area (Å²) in [6, 6.07) is 1.66. The number of hydrogen-bond acceptors (Lipinski definition) is 5. The lowest BCUT2D eigenvalue weighted by Crippen LogP contribution is -2.41. The lowest BCUT2D eigenvalue weighted by molar-refractivity contribution is 0.00578. The Hall–Kier alpha value is -1.60. The zero-order valence-corrected chi connectivity index (χ0v) is 12.4. The number of primary amides is 1. The summed E-state index contributed by atoms with van der Waals surface area (Å²) >= 11 is 0. The van der Waals surface area contributed by atoms with Crippen LogP contribution in [0, 0.1) is 0 Å². The molecule has 1 amide bonds. The Labute approximate surface area is 118 Å². The molecule has 0 aromatic carbocycles. The quantitative estimate of drug-likeness (QED) is 0.813. The summed E-state index contributed by atoms with van der Waals surface area (Å²) in [5.41, 5.74) is 5.15. The fourth-order valence-corrected chi connectivity index (χ4v) is 2.03. The van der Waals surface area contributed by atoms with E-state index >= 15 is 0 Å². The Morgan fingerprint density at radius 3 is 2.30 bits per heavy atom. The maximum atomic E-state index is 11.7. The molecule has 6 nitrogen and oxygen atoms in total. The molecule has 1 aromatic rings. The molecular formula is C13H19BN2O4. The molecule has 0 unspecified atom stereocenters. The Balaban J connectivity index is 2.48. The summed E-state index contributed by atoms with van der Waals surface area (Å²) in [7, 11) is 0.752. The van der Waals surface area contributed by atoms with Gasteiger partial charge in [0.25, 0.3) is 5.91 Å². The van der Waals surface area contributed by atoms with Crippen LogP contribution >= 0.6 is 0 Å². The molecule has 1 saturated heterocycles. The van der Waals surface area contributed by atoms with Crippen LogP contribution in [0.15, 0.2) is 12.3 Å². The number of methoxy groups -OCH3 is 1. The molecule has 0 radical (unpaired) electrons. The first kappa shape index (κ1) is 14.8. The highest BCUT2D eigenvalue weighted by Gasteiger charge is 2.52. The number of carbonyl (C=O) groups excluding carboxylic acids is 1. The number of nitrogens with two attached hydrogens (primary N) is 1. The number of carbonyl (C=O) groups is 1. The Morgan fingerprint density at radius 1 is 1.30 bits per heavy atom. The molecule has 2 rings (SSSR count). The van der Waals surface area contributed by atoms with Crippen LogP contribution in [0.25, 0.3) is 0 Å². The van der Waals surface area contributed by atoms with Gasteiger partial charge in [-0.05, 0) is 33.8 Å². The van der Waals surface area contributed by atoms with Crippen LogP contribution in [-0.2, 0) is 9.31 Å². The van der Waals surface area contributed by atoms with Gasteiger partial charge < -0.3 is 19.8 Å². The van der Waals surface area contributed by atoms with Crippen molar-refractivity contribution in [2.24, 2.45) is 5.73 Å². The third-order valence-electron chi connectivity index (χ3n) is 3.90. The highest BCUT2D eigenvalue weighted by atomic mass is 16.7. The lowest BCUT2D eigenvalue weighted by Gasteiger charge is -2.32. The standard InChI is InChI=1S/C13H19BN2O4/c1-12(2)13(3,4)20-14(19-12)8-6-7-16-11(18-5)9(8)10(15)17/h6-7H,1-5H3,(H2,15,17). The average Bonchev–Trinajstić information content (AvgIpc) is 2.57. The maximum Gasteiger partial charge on any atom is 0.495 e. The van der Waals surface area contributed by atoms with E-state index in [0.29, 0.717) is 5.46 Å². The predicted molar refractivity (Wildman–Crippen MR) is 75.0 cm³/mol. The topological polar surface area (TPSA) is 83.7 Å². The van der Waals surface area contributed by atoms with Crippen molar-refractivity contribution in [3.8, 4) is 5.88 Å². The van der Waals surface area contributed by atoms with Crippen molar-refractivity contribution in [2.75, 3.05) is 7.11 Å². The summed E-state index contributed by atoms with van der Waals surface area (Å²) in [5.74, 6) is -0.454. The van der Waals surface area contributed by atoms with Crippen LogP contribution in [0.4, 0.5) is 0 Å². The van der Waals surface area contributed by atoms with Gasteiger partial charge in [-0.2, -0.15) is 0 Å². The van der Waals surface area contributed by atoms with Crippen LogP contribution in [0.5, 0.6) is 5.88 Å². The van der Waals surface area contributed by atoms with Crippen molar-refractivity contribution < 1.29 is 18.8 Å². The first-order valence-corrected chi connectivity index (χ1v) is 6.38. The van der Waals surface area contributed by atoms with E-state index in [1.165, 1.54) is 13.3 Å². The van der Waals surface area contributed by atoms with Crippen molar-refractivity contribution in [1.82, 2.24) is 4.98 Å². The second-order valence-electron chi connectivity index (χ2n) is 5.74. The number of amides is 1. The number of nitrogens with zero attached hydrogens (tertiary/aromatic N) is 1. The normalized spacial score (nSPS) is 19.9. The minimum atomic E-state index is -0.681.